The van der Waals surface area contributed by atoms with Gasteiger partial charge in [0.1, 0.15) is 0 Å². The third-order valence-corrected chi connectivity index (χ3v) is 2.33. The Morgan fingerprint density at radius 1 is 1.00 bits per heavy atom. The number of fused-ring (bicyclic) bond motifs is 4. The second-order valence-corrected chi connectivity index (χ2v) is 3.01. The molecule has 1 aliphatic rings. The van der Waals surface area contributed by atoms with E-state index in [0.29, 0.717) is 10.5 Å². The van der Waals surface area contributed by atoms with Crippen LogP contribution >= 0.6 is 0 Å². The predicted octanol–water partition coefficient (Wildman–Crippen LogP) is 1.36. The summed E-state index contributed by atoms with van der Waals surface area (Å²) in [4.78, 5) is 0.678. The summed E-state index contributed by atoms with van der Waals surface area (Å²) in [6.07, 6.45) is 1.53. The first-order valence-corrected chi connectivity index (χ1v) is 4.06. The van der Waals surface area contributed by atoms with Crippen LogP contribution in [-0.2, 0) is 0 Å². The van der Waals surface area contributed by atoms with Crippen LogP contribution in [0.1, 0.15) is 0 Å². The van der Waals surface area contributed by atoms with Crippen molar-refractivity contribution in [1.29, 1.82) is 0 Å². The first kappa shape index (κ1) is 6.60. The Hall–Kier alpha value is -1.90. The second-order valence-electron chi connectivity index (χ2n) is 3.01. The van der Waals surface area contributed by atoms with Crippen LogP contribution in [0.25, 0.3) is 22.4 Å². The van der Waals surface area contributed by atoms with Gasteiger partial charge in [0.25, 0.3) is 5.69 Å². The highest BCUT2D eigenvalue weighted by Gasteiger charge is 2.30. The maximum absolute atomic E-state index is 11.3. The highest BCUT2D eigenvalue weighted by Crippen LogP contribution is 2.43. The van der Waals surface area contributed by atoms with E-state index in [1.54, 1.807) is 0 Å². The van der Waals surface area contributed by atoms with E-state index >= 15 is 0 Å². The van der Waals surface area contributed by atoms with E-state index in [1.807, 2.05) is 30.3 Å². The summed E-state index contributed by atoms with van der Waals surface area (Å²) in [5.74, 6) is 0. The topological polar surface area (TPSA) is 39.8 Å². The molecule has 13 heavy (non-hydrogen) atoms. The van der Waals surface area contributed by atoms with Crippen molar-refractivity contribution in [2.24, 2.45) is 0 Å². The van der Waals surface area contributed by atoms with Gasteiger partial charge in [-0.15, -0.1) is 0 Å². The molecule has 0 radical (unpaired) electrons. The first-order valence-electron chi connectivity index (χ1n) is 4.06. The third kappa shape index (κ3) is 0.685. The maximum Gasteiger partial charge on any atom is 0.260 e. The number of benzene rings is 1. The van der Waals surface area contributed by atoms with Crippen LogP contribution in [0.5, 0.6) is 0 Å². The van der Waals surface area contributed by atoms with Crippen LogP contribution in [0, 0.1) is 5.21 Å². The van der Waals surface area contributed by atoms with Crippen molar-refractivity contribution in [3.63, 3.8) is 0 Å². The second kappa shape index (κ2) is 2.07. The maximum atomic E-state index is 11.3. The average molecular weight is 170 g/mol. The smallest absolute Gasteiger partial charge is 0.260 e. The minimum absolute atomic E-state index is 0.678. The zero-order valence-electron chi connectivity index (χ0n) is 6.77. The molecular weight excluding hydrogens is 164 g/mol. The van der Waals surface area contributed by atoms with Crippen molar-refractivity contribution in [2.75, 3.05) is 0 Å². The van der Waals surface area contributed by atoms with Gasteiger partial charge in [0, 0.05) is 10.7 Å². The lowest BCUT2D eigenvalue weighted by Crippen LogP contribution is -2.36. The molecule has 1 aliphatic carbocycles. The fourth-order valence-electron chi connectivity index (χ4n) is 1.74. The van der Waals surface area contributed by atoms with E-state index in [0.717, 1.165) is 16.7 Å². The molecule has 0 bridgehead atoms. The minimum Gasteiger partial charge on any atom is -0.594 e. The van der Waals surface area contributed by atoms with Crippen molar-refractivity contribution in [3.8, 4) is 22.4 Å². The molecule has 62 valence electrons. The standard InChI is InChI=1S/C10H6N2O/c13-12-10-8-4-2-1-3-7(8)9(10)5-6-11-12/h1-6H. The zero-order chi connectivity index (χ0) is 8.84. The van der Waals surface area contributed by atoms with E-state index in [-0.39, 0.29) is 0 Å². The summed E-state index contributed by atoms with van der Waals surface area (Å²) in [6.45, 7) is 0. The molecule has 0 saturated carbocycles. The van der Waals surface area contributed by atoms with Crippen LogP contribution in [-0.4, -0.2) is 5.10 Å². The Balaban J connectivity index is 2.35. The lowest BCUT2D eigenvalue weighted by Gasteiger charge is -2.18. The van der Waals surface area contributed by atoms with Gasteiger partial charge in [-0.25, -0.2) is 0 Å². The first-order chi connectivity index (χ1) is 6.38. The van der Waals surface area contributed by atoms with Gasteiger partial charge in [-0.05, 0) is 17.0 Å². The predicted molar refractivity (Wildman–Crippen MR) is 47.6 cm³/mol. The number of nitrogens with zero attached hydrogens (tertiary/aromatic N) is 2. The van der Waals surface area contributed by atoms with Crippen LogP contribution in [0.15, 0.2) is 36.5 Å². The molecule has 1 aromatic carbocycles. The molecule has 0 aliphatic heterocycles. The van der Waals surface area contributed by atoms with Crippen molar-refractivity contribution in [2.45, 2.75) is 0 Å². The van der Waals surface area contributed by atoms with Crippen LogP contribution in [0.4, 0.5) is 0 Å². The zero-order valence-corrected chi connectivity index (χ0v) is 6.77. The summed E-state index contributed by atoms with van der Waals surface area (Å²) < 4.78 is 0. The van der Waals surface area contributed by atoms with Crippen molar-refractivity contribution in [3.05, 3.63) is 41.7 Å². The molecule has 0 amide bonds. The van der Waals surface area contributed by atoms with E-state index < -0.39 is 0 Å². The average Bonchev–Trinajstić information content (AvgIpc) is 2.14. The number of hydrogen-bond acceptors (Lipinski definition) is 2. The van der Waals surface area contributed by atoms with Crippen LogP contribution in [0.2, 0.25) is 0 Å². The summed E-state index contributed by atoms with van der Waals surface area (Å²) in [7, 11) is 0. The molecule has 0 N–H and O–H groups in total. The number of rotatable bonds is 0. The van der Waals surface area contributed by atoms with E-state index in [2.05, 4.69) is 5.10 Å². The Morgan fingerprint density at radius 2 is 1.77 bits per heavy atom. The van der Waals surface area contributed by atoms with Crippen LogP contribution in [0.3, 0.4) is 0 Å². The third-order valence-electron chi connectivity index (χ3n) is 2.33. The Morgan fingerprint density at radius 3 is 2.62 bits per heavy atom. The summed E-state index contributed by atoms with van der Waals surface area (Å²) >= 11 is 0. The number of aromatic nitrogens is 2. The van der Waals surface area contributed by atoms with E-state index in [4.69, 9.17) is 0 Å². The largest absolute Gasteiger partial charge is 0.594 e. The lowest BCUT2D eigenvalue weighted by molar-refractivity contribution is -0.658. The molecule has 1 aromatic heterocycles. The van der Waals surface area contributed by atoms with Crippen molar-refractivity contribution in [1.82, 2.24) is 5.10 Å². The molecule has 0 saturated heterocycles. The molecule has 2 aromatic rings. The molecule has 1 heterocycles. The normalized spacial score (nSPS) is 11.4. The summed E-state index contributed by atoms with van der Waals surface area (Å²) in [5, 5.41) is 14.9. The molecular formula is C10H6N2O. The van der Waals surface area contributed by atoms with Gasteiger partial charge in [-0.1, -0.05) is 18.2 Å². The van der Waals surface area contributed by atoms with Crippen LogP contribution < -0.4 is 4.85 Å². The summed E-state index contributed by atoms with van der Waals surface area (Å²) in [6, 6.07) is 9.71. The molecule has 0 spiro atoms. The molecule has 0 fully saturated rings. The van der Waals surface area contributed by atoms with E-state index in [1.165, 1.54) is 6.20 Å². The fourth-order valence-corrected chi connectivity index (χ4v) is 1.74. The monoisotopic (exact) mass is 170 g/mol. The summed E-state index contributed by atoms with van der Waals surface area (Å²) in [5.41, 5.74) is 3.84. The van der Waals surface area contributed by atoms with Gasteiger partial charge in [0.15, 0.2) is 0 Å². The van der Waals surface area contributed by atoms with E-state index in [9.17, 15) is 5.21 Å². The Bertz CT molecular complexity index is 494. The van der Waals surface area contributed by atoms with Gasteiger partial charge in [0.2, 0.25) is 0 Å². The fraction of sp³-hybridized carbons (Fsp3) is 0. The lowest BCUT2D eigenvalue weighted by atomic mass is 9.85. The van der Waals surface area contributed by atoms with Gasteiger partial charge >= 0.3 is 0 Å². The van der Waals surface area contributed by atoms with Gasteiger partial charge in [-0.3, -0.25) is 0 Å². The highest BCUT2D eigenvalue weighted by atomic mass is 16.5. The number of hydrogen-bond donors (Lipinski definition) is 0. The van der Waals surface area contributed by atoms with Crippen molar-refractivity contribution < 1.29 is 4.85 Å². The highest BCUT2D eigenvalue weighted by molar-refractivity contribution is 5.98. The van der Waals surface area contributed by atoms with Gasteiger partial charge < -0.3 is 5.21 Å². The van der Waals surface area contributed by atoms with Crippen molar-refractivity contribution >= 4 is 0 Å². The minimum atomic E-state index is 0.678. The molecule has 3 rings (SSSR count). The Kier molecular flexibility index (Phi) is 1.05. The van der Waals surface area contributed by atoms with Gasteiger partial charge in [0.05, 0.1) is 17.3 Å². The van der Waals surface area contributed by atoms with Gasteiger partial charge in [-0.2, -0.15) is 0 Å². The quantitative estimate of drug-likeness (QED) is 0.377. The molecule has 0 atom stereocenters. The molecule has 3 heteroatoms. The Labute approximate surface area is 74.8 Å². The molecule has 3 nitrogen and oxygen atoms in total. The molecule has 0 unspecified atom stereocenters. The SMILES string of the molecule is [O-][n+]1nccc2c1-c1ccccc1-2.